The number of aliphatic carboxylic acids is 1. The van der Waals surface area contributed by atoms with Gasteiger partial charge in [-0.25, -0.2) is 4.79 Å². The molecule has 0 aromatic heterocycles. The van der Waals surface area contributed by atoms with Crippen molar-refractivity contribution < 1.29 is 14.7 Å². The Labute approximate surface area is 124 Å². The van der Waals surface area contributed by atoms with Gasteiger partial charge in [-0.05, 0) is 37.8 Å². The van der Waals surface area contributed by atoms with E-state index in [1.807, 2.05) is 18.2 Å². The molecule has 1 atom stereocenters. The maximum atomic E-state index is 12.7. The van der Waals surface area contributed by atoms with Crippen molar-refractivity contribution in [3.8, 4) is 0 Å². The predicted octanol–water partition coefficient (Wildman–Crippen LogP) is 2.36. The van der Waals surface area contributed by atoms with Gasteiger partial charge in [0.15, 0.2) is 0 Å². The van der Waals surface area contributed by atoms with Gasteiger partial charge in [0.2, 0.25) is 0 Å². The van der Waals surface area contributed by atoms with Crippen molar-refractivity contribution in [2.45, 2.75) is 26.2 Å². The molecule has 5 nitrogen and oxygen atoms in total. The summed E-state index contributed by atoms with van der Waals surface area (Å²) in [6.45, 7) is 3.23. The minimum atomic E-state index is -0.822. The normalized spacial score (nSPS) is 24.8. The topological polar surface area (TPSA) is 60.9 Å². The summed E-state index contributed by atoms with van der Waals surface area (Å²) >= 11 is 0. The monoisotopic (exact) mass is 288 g/mol. The van der Waals surface area contributed by atoms with Gasteiger partial charge in [0.05, 0.1) is 5.41 Å². The number of carbonyl (C=O) groups excluding carboxylic acids is 1. The Hall–Kier alpha value is -2.04. The van der Waals surface area contributed by atoms with Crippen LogP contribution in [0, 0.1) is 5.41 Å². The van der Waals surface area contributed by atoms with Crippen LogP contribution in [0.3, 0.4) is 0 Å². The molecule has 1 N–H and O–H groups in total. The second-order valence-corrected chi connectivity index (χ2v) is 6.20. The lowest BCUT2D eigenvalue weighted by Gasteiger charge is -2.33. The second kappa shape index (κ2) is 5.06. The molecule has 5 heteroatoms. The zero-order chi connectivity index (χ0) is 15.0. The van der Waals surface area contributed by atoms with Crippen molar-refractivity contribution in [2.24, 2.45) is 5.41 Å². The van der Waals surface area contributed by atoms with Crippen LogP contribution in [0.15, 0.2) is 24.3 Å². The number of fused-ring (bicyclic) bond motifs is 1. The summed E-state index contributed by atoms with van der Waals surface area (Å²) in [7, 11) is 0. The third-order valence-corrected chi connectivity index (χ3v) is 4.60. The number of carbonyl (C=O) groups is 2. The predicted molar refractivity (Wildman–Crippen MR) is 79.4 cm³/mol. The van der Waals surface area contributed by atoms with Gasteiger partial charge in [0.25, 0.3) is 0 Å². The third-order valence-electron chi connectivity index (χ3n) is 4.60. The fourth-order valence-electron chi connectivity index (χ4n) is 3.20. The number of carboxylic acid groups (broad SMARTS) is 1. The molecule has 0 aliphatic carbocycles. The van der Waals surface area contributed by atoms with E-state index >= 15 is 0 Å². The first-order chi connectivity index (χ1) is 10.0. The van der Waals surface area contributed by atoms with Crippen LogP contribution in [0.2, 0.25) is 0 Å². The average molecular weight is 288 g/mol. The van der Waals surface area contributed by atoms with Gasteiger partial charge in [-0.1, -0.05) is 18.2 Å². The first kappa shape index (κ1) is 13.9. The summed E-state index contributed by atoms with van der Waals surface area (Å²) in [4.78, 5) is 27.5. The number of anilines is 1. The maximum Gasteiger partial charge on any atom is 0.324 e. The van der Waals surface area contributed by atoms with Gasteiger partial charge in [-0.15, -0.1) is 0 Å². The van der Waals surface area contributed by atoms with Gasteiger partial charge in [0.1, 0.15) is 0 Å². The highest BCUT2D eigenvalue weighted by atomic mass is 16.4. The molecule has 1 fully saturated rings. The number of carboxylic acids is 1. The molecule has 1 aromatic carbocycles. The molecule has 112 valence electrons. The highest BCUT2D eigenvalue weighted by Gasteiger charge is 2.43. The lowest BCUT2D eigenvalue weighted by atomic mass is 9.90. The summed E-state index contributed by atoms with van der Waals surface area (Å²) in [6, 6.07) is 7.89. The highest BCUT2D eigenvalue weighted by Crippen LogP contribution is 2.33. The Balaban J connectivity index is 1.80. The molecule has 0 bridgehead atoms. The van der Waals surface area contributed by atoms with Crippen LogP contribution in [0.4, 0.5) is 10.5 Å². The standard InChI is InChI=1S/C16H20N2O3/c1-16(14(19)20)8-10-17(11-16)15(21)18-9-4-6-12-5-2-3-7-13(12)18/h2-3,5,7H,4,6,8-11H2,1H3,(H,19,20). The first-order valence-electron chi connectivity index (χ1n) is 7.39. The molecule has 2 heterocycles. The molecular weight excluding hydrogens is 268 g/mol. The smallest absolute Gasteiger partial charge is 0.324 e. The quantitative estimate of drug-likeness (QED) is 0.863. The molecular formula is C16H20N2O3. The Bertz CT molecular complexity index is 587. The Kier molecular flexibility index (Phi) is 3.35. The van der Waals surface area contributed by atoms with Crippen LogP contribution in [-0.2, 0) is 11.2 Å². The minimum Gasteiger partial charge on any atom is -0.481 e. The van der Waals surface area contributed by atoms with Crippen LogP contribution >= 0.6 is 0 Å². The van der Waals surface area contributed by atoms with Gasteiger partial charge in [0, 0.05) is 25.3 Å². The van der Waals surface area contributed by atoms with E-state index in [9.17, 15) is 14.7 Å². The molecule has 3 rings (SSSR count). The number of likely N-dealkylation sites (tertiary alicyclic amines) is 1. The Morgan fingerprint density at radius 1 is 1.24 bits per heavy atom. The van der Waals surface area contributed by atoms with Crippen molar-refractivity contribution in [3.05, 3.63) is 29.8 Å². The number of hydrogen-bond donors (Lipinski definition) is 1. The van der Waals surface area contributed by atoms with E-state index < -0.39 is 11.4 Å². The largest absolute Gasteiger partial charge is 0.481 e. The van der Waals surface area contributed by atoms with E-state index in [0.29, 0.717) is 26.1 Å². The van der Waals surface area contributed by atoms with Gasteiger partial charge >= 0.3 is 12.0 Å². The van der Waals surface area contributed by atoms with E-state index in [4.69, 9.17) is 0 Å². The summed E-state index contributed by atoms with van der Waals surface area (Å²) in [5.74, 6) is -0.822. The molecule has 0 radical (unpaired) electrons. The van der Waals surface area contributed by atoms with E-state index in [-0.39, 0.29) is 6.03 Å². The molecule has 0 spiro atoms. The number of para-hydroxylation sites is 1. The lowest BCUT2D eigenvalue weighted by molar-refractivity contribution is -0.146. The van der Waals surface area contributed by atoms with Gasteiger partial charge < -0.3 is 10.0 Å². The van der Waals surface area contributed by atoms with E-state index in [1.165, 1.54) is 5.56 Å². The van der Waals surface area contributed by atoms with Crippen LogP contribution in [0.1, 0.15) is 25.3 Å². The SMILES string of the molecule is CC1(C(=O)O)CCN(C(=O)N2CCCc3ccccc32)C1. The molecule has 2 amide bonds. The maximum absolute atomic E-state index is 12.7. The minimum absolute atomic E-state index is 0.0628. The number of nitrogens with zero attached hydrogens (tertiary/aromatic N) is 2. The molecule has 21 heavy (non-hydrogen) atoms. The zero-order valence-electron chi connectivity index (χ0n) is 12.2. The lowest BCUT2D eigenvalue weighted by Crippen LogP contribution is -2.45. The number of urea groups is 1. The summed E-state index contributed by atoms with van der Waals surface area (Å²) in [6.07, 6.45) is 2.46. The summed E-state index contributed by atoms with van der Waals surface area (Å²) < 4.78 is 0. The molecule has 2 aliphatic rings. The number of rotatable bonds is 1. The molecule has 0 saturated carbocycles. The summed E-state index contributed by atoms with van der Waals surface area (Å²) in [5.41, 5.74) is 1.35. The number of benzene rings is 1. The van der Waals surface area contributed by atoms with Crippen LogP contribution < -0.4 is 4.90 Å². The van der Waals surface area contributed by atoms with Crippen molar-refractivity contribution in [3.63, 3.8) is 0 Å². The van der Waals surface area contributed by atoms with Crippen molar-refractivity contribution in [1.82, 2.24) is 4.90 Å². The molecule has 1 unspecified atom stereocenters. The fourth-order valence-corrected chi connectivity index (χ4v) is 3.20. The summed E-state index contributed by atoms with van der Waals surface area (Å²) in [5, 5.41) is 9.29. The van der Waals surface area contributed by atoms with E-state index in [2.05, 4.69) is 6.07 Å². The second-order valence-electron chi connectivity index (χ2n) is 6.20. The number of aryl methyl sites for hydroxylation is 1. The fraction of sp³-hybridized carbons (Fsp3) is 0.500. The van der Waals surface area contributed by atoms with E-state index in [0.717, 1.165) is 18.5 Å². The van der Waals surface area contributed by atoms with Crippen molar-refractivity contribution in [1.29, 1.82) is 0 Å². The molecule has 2 aliphatic heterocycles. The van der Waals surface area contributed by atoms with Crippen LogP contribution in [0.5, 0.6) is 0 Å². The third kappa shape index (κ3) is 2.37. The zero-order valence-corrected chi connectivity index (χ0v) is 12.2. The number of hydrogen-bond acceptors (Lipinski definition) is 2. The average Bonchev–Trinajstić information content (AvgIpc) is 2.90. The van der Waals surface area contributed by atoms with Crippen molar-refractivity contribution in [2.75, 3.05) is 24.5 Å². The first-order valence-corrected chi connectivity index (χ1v) is 7.39. The van der Waals surface area contributed by atoms with Gasteiger partial charge in [-0.3, -0.25) is 9.69 Å². The van der Waals surface area contributed by atoms with Crippen LogP contribution in [-0.4, -0.2) is 41.6 Å². The molecule has 1 aromatic rings. The van der Waals surface area contributed by atoms with Gasteiger partial charge in [-0.2, -0.15) is 0 Å². The number of amides is 2. The Morgan fingerprint density at radius 2 is 2.00 bits per heavy atom. The van der Waals surface area contributed by atoms with Crippen molar-refractivity contribution >= 4 is 17.7 Å². The Morgan fingerprint density at radius 3 is 2.71 bits per heavy atom. The van der Waals surface area contributed by atoms with E-state index in [1.54, 1.807) is 16.7 Å². The van der Waals surface area contributed by atoms with Crippen LogP contribution in [0.25, 0.3) is 0 Å². The highest BCUT2D eigenvalue weighted by molar-refractivity contribution is 5.94. The molecule has 1 saturated heterocycles.